The minimum absolute atomic E-state index is 0.148. The van der Waals surface area contributed by atoms with Gasteiger partial charge in [-0.05, 0) is 48.9 Å². The average Bonchev–Trinajstić information content (AvgIpc) is 3.19. The maximum absolute atomic E-state index is 12.4. The van der Waals surface area contributed by atoms with Crippen LogP contribution in [0, 0.1) is 0 Å². The first-order valence-electron chi connectivity index (χ1n) is 10.9. The Bertz CT molecular complexity index is 1240. The van der Waals surface area contributed by atoms with E-state index in [1.807, 2.05) is 42.5 Å². The van der Waals surface area contributed by atoms with Gasteiger partial charge in [0.1, 0.15) is 5.82 Å². The van der Waals surface area contributed by atoms with Gasteiger partial charge in [-0.2, -0.15) is 0 Å². The fourth-order valence-electron chi connectivity index (χ4n) is 3.73. The molecule has 0 aliphatic heterocycles. The van der Waals surface area contributed by atoms with E-state index in [2.05, 4.69) is 16.0 Å². The van der Waals surface area contributed by atoms with Crippen LogP contribution in [-0.4, -0.2) is 35.7 Å². The summed E-state index contributed by atoms with van der Waals surface area (Å²) in [4.78, 5) is 17.2. The predicted octanol–water partition coefficient (Wildman–Crippen LogP) is 5.14. The van der Waals surface area contributed by atoms with Crippen LogP contribution in [0.1, 0.15) is 22.6 Å². The van der Waals surface area contributed by atoms with E-state index in [-0.39, 0.29) is 5.91 Å². The standard InChI is InChI=1S/C26H26ClN3O3/c1-32-23-12-4-5-13-24(23)33-17-7-16-30-22-11-3-2-10-21(22)29-25(30)14-15-28-26(31)19-8-6-9-20(27)18-19/h2-6,8-13,18H,7,14-17H2,1H3,(H,28,31). The first-order valence-corrected chi connectivity index (χ1v) is 11.3. The van der Waals surface area contributed by atoms with Crippen molar-refractivity contribution in [2.24, 2.45) is 0 Å². The summed E-state index contributed by atoms with van der Waals surface area (Å²) in [6, 6.07) is 22.6. The van der Waals surface area contributed by atoms with Gasteiger partial charge in [0.25, 0.3) is 5.91 Å². The predicted molar refractivity (Wildman–Crippen MR) is 130 cm³/mol. The Kier molecular flexibility index (Phi) is 7.47. The molecule has 170 valence electrons. The molecule has 0 spiro atoms. The Morgan fingerprint density at radius 3 is 2.64 bits per heavy atom. The Morgan fingerprint density at radius 1 is 1.03 bits per heavy atom. The van der Waals surface area contributed by atoms with Gasteiger partial charge >= 0.3 is 0 Å². The van der Waals surface area contributed by atoms with Crippen LogP contribution in [0.2, 0.25) is 5.02 Å². The van der Waals surface area contributed by atoms with Crippen LogP contribution in [0.5, 0.6) is 11.5 Å². The smallest absolute Gasteiger partial charge is 0.251 e. The van der Waals surface area contributed by atoms with Gasteiger partial charge in [0.2, 0.25) is 0 Å². The molecule has 4 aromatic rings. The summed E-state index contributed by atoms with van der Waals surface area (Å²) in [5.41, 5.74) is 2.56. The molecular weight excluding hydrogens is 438 g/mol. The number of methoxy groups -OCH3 is 1. The molecular formula is C26H26ClN3O3. The molecule has 1 heterocycles. The van der Waals surface area contributed by atoms with Crippen LogP contribution in [0.3, 0.4) is 0 Å². The second-order valence-corrected chi connectivity index (χ2v) is 7.97. The van der Waals surface area contributed by atoms with E-state index in [1.54, 1.807) is 31.4 Å². The van der Waals surface area contributed by atoms with Crippen molar-refractivity contribution in [1.29, 1.82) is 0 Å². The first-order chi connectivity index (χ1) is 16.2. The Balaban J connectivity index is 1.38. The fraction of sp³-hybridized carbons (Fsp3) is 0.231. The van der Waals surface area contributed by atoms with Gasteiger partial charge in [0, 0.05) is 30.1 Å². The highest BCUT2D eigenvalue weighted by atomic mass is 35.5. The van der Waals surface area contributed by atoms with Gasteiger partial charge in [-0.1, -0.05) is 41.9 Å². The number of ether oxygens (including phenoxy) is 2. The zero-order chi connectivity index (χ0) is 23.0. The molecule has 4 rings (SSSR count). The lowest BCUT2D eigenvalue weighted by molar-refractivity contribution is 0.0954. The van der Waals surface area contributed by atoms with Crippen molar-refractivity contribution >= 4 is 28.5 Å². The monoisotopic (exact) mass is 463 g/mol. The molecule has 1 aromatic heterocycles. The number of carbonyl (C=O) groups is 1. The summed E-state index contributed by atoms with van der Waals surface area (Å²) in [5.74, 6) is 2.24. The van der Waals surface area contributed by atoms with E-state index in [0.29, 0.717) is 30.2 Å². The van der Waals surface area contributed by atoms with Gasteiger partial charge in [-0.3, -0.25) is 4.79 Å². The fourth-order valence-corrected chi connectivity index (χ4v) is 3.92. The normalized spacial score (nSPS) is 10.8. The summed E-state index contributed by atoms with van der Waals surface area (Å²) in [6.45, 7) is 1.79. The minimum atomic E-state index is -0.148. The molecule has 0 saturated heterocycles. The summed E-state index contributed by atoms with van der Waals surface area (Å²) in [5, 5.41) is 3.50. The van der Waals surface area contributed by atoms with Crippen LogP contribution < -0.4 is 14.8 Å². The number of carbonyl (C=O) groups excluding carboxylic acids is 1. The highest BCUT2D eigenvalue weighted by Crippen LogP contribution is 2.26. The van der Waals surface area contributed by atoms with Crippen molar-refractivity contribution in [2.45, 2.75) is 19.4 Å². The maximum atomic E-state index is 12.4. The largest absolute Gasteiger partial charge is 0.493 e. The molecule has 6 nitrogen and oxygen atoms in total. The quantitative estimate of drug-likeness (QED) is 0.331. The van der Waals surface area contributed by atoms with Gasteiger partial charge in [0.05, 0.1) is 24.8 Å². The zero-order valence-corrected chi connectivity index (χ0v) is 19.2. The number of nitrogens with zero attached hydrogens (tertiary/aromatic N) is 2. The topological polar surface area (TPSA) is 65.4 Å². The van der Waals surface area contributed by atoms with E-state index < -0.39 is 0 Å². The molecule has 0 aliphatic rings. The van der Waals surface area contributed by atoms with Crippen LogP contribution in [0.4, 0.5) is 0 Å². The van der Waals surface area contributed by atoms with Gasteiger partial charge in [-0.25, -0.2) is 4.98 Å². The molecule has 0 aliphatic carbocycles. The third kappa shape index (κ3) is 5.65. The average molecular weight is 464 g/mol. The number of aryl methyl sites for hydroxylation is 1. The Hall–Kier alpha value is -3.51. The second kappa shape index (κ2) is 10.9. The molecule has 0 unspecified atom stereocenters. The third-order valence-electron chi connectivity index (χ3n) is 5.31. The first kappa shape index (κ1) is 22.7. The number of rotatable bonds is 10. The summed E-state index contributed by atoms with van der Waals surface area (Å²) in [7, 11) is 1.64. The van der Waals surface area contributed by atoms with Crippen LogP contribution >= 0.6 is 11.6 Å². The highest BCUT2D eigenvalue weighted by Gasteiger charge is 2.12. The van der Waals surface area contributed by atoms with Gasteiger partial charge < -0.3 is 19.4 Å². The number of hydrogen-bond donors (Lipinski definition) is 1. The third-order valence-corrected chi connectivity index (χ3v) is 5.54. The molecule has 3 aromatic carbocycles. The molecule has 0 fully saturated rings. The van der Waals surface area contributed by atoms with Crippen LogP contribution in [-0.2, 0) is 13.0 Å². The maximum Gasteiger partial charge on any atom is 0.251 e. The number of amides is 1. The highest BCUT2D eigenvalue weighted by molar-refractivity contribution is 6.30. The lowest BCUT2D eigenvalue weighted by atomic mass is 10.2. The Morgan fingerprint density at radius 2 is 1.82 bits per heavy atom. The summed E-state index contributed by atoms with van der Waals surface area (Å²) in [6.07, 6.45) is 1.43. The van der Waals surface area contributed by atoms with Gasteiger partial charge in [0.15, 0.2) is 11.5 Å². The minimum Gasteiger partial charge on any atom is -0.493 e. The SMILES string of the molecule is COc1ccccc1OCCCn1c(CCNC(=O)c2cccc(Cl)c2)nc2ccccc21. The Labute approximate surface area is 198 Å². The number of nitrogens with one attached hydrogen (secondary N) is 1. The lowest BCUT2D eigenvalue weighted by Gasteiger charge is -2.12. The number of aromatic nitrogens is 2. The van der Waals surface area contributed by atoms with Crippen molar-refractivity contribution in [3.05, 3.63) is 89.2 Å². The van der Waals surface area contributed by atoms with Crippen molar-refractivity contribution in [3.8, 4) is 11.5 Å². The van der Waals surface area contributed by atoms with E-state index in [0.717, 1.165) is 41.3 Å². The van der Waals surface area contributed by atoms with Gasteiger partial charge in [-0.15, -0.1) is 0 Å². The van der Waals surface area contributed by atoms with E-state index in [1.165, 1.54) is 0 Å². The molecule has 1 N–H and O–H groups in total. The van der Waals surface area contributed by atoms with Crippen molar-refractivity contribution in [1.82, 2.24) is 14.9 Å². The van der Waals surface area contributed by atoms with Crippen molar-refractivity contribution in [3.63, 3.8) is 0 Å². The van der Waals surface area contributed by atoms with E-state index in [4.69, 9.17) is 26.1 Å². The van der Waals surface area contributed by atoms with Crippen molar-refractivity contribution < 1.29 is 14.3 Å². The number of benzene rings is 3. The summed E-state index contributed by atoms with van der Waals surface area (Å²) >= 11 is 5.99. The van der Waals surface area contributed by atoms with E-state index >= 15 is 0 Å². The van der Waals surface area contributed by atoms with Crippen LogP contribution in [0.25, 0.3) is 11.0 Å². The molecule has 0 saturated carbocycles. The molecule has 0 radical (unpaired) electrons. The molecule has 0 bridgehead atoms. The molecule has 33 heavy (non-hydrogen) atoms. The number of para-hydroxylation sites is 4. The molecule has 1 amide bonds. The number of hydrogen-bond acceptors (Lipinski definition) is 4. The van der Waals surface area contributed by atoms with E-state index in [9.17, 15) is 4.79 Å². The molecule has 0 atom stereocenters. The number of halogens is 1. The summed E-state index contributed by atoms with van der Waals surface area (Å²) < 4.78 is 13.5. The number of fused-ring (bicyclic) bond motifs is 1. The second-order valence-electron chi connectivity index (χ2n) is 7.54. The molecule has 7 heteroatoms. The zero-order valence-electron chi connectivity index (χ0n) is 18.5. The van der Waals surface area contributed by atoms with Crippen molar-refractivity contribution in [2.75, 3.05) is 20.3 Å². The lowest BCUT2D eigenvalue weighted by Crippen LogP contribution is -2.26. The van der Waals surface area contributed by atoms with Crippen LogP contribution in [0.15, 0.2) is 72.8 Å². The number of imidazole rings is 1.